The Hall–Kier alpha value is -0.970. The SMILES string of the molecule is COC(=O)C(C(F)F)C(c1ccc(Br)cc1)C1CCCCC1. The fourth-order valence-electron chi connectivity index (χ4n) is 3.49. The first-order valence-electron chi connectivity index (χ1n) is 7.66. The van der Waals surface area contributed by atoms with Gasteiger partial charge in [0.05, 0.1) is 7.11 Å². The van der Waals surface area contributed by atoms with Crippen LogP contribution in [0.15, 0.2) is 28.7 Å². The van der Waals surface area contributed by atoms with Gasteiger partial charge in [-0.05, 0) is 36.5 Å². The molecule has 2 unspecified atom stereocenters. The van der Waals surface area contributed by atoms with Gasteiger partial charge in [0.15, 0.2) is 0 Å². The van der Waals surface area contributed by atoms with E-state index < -0.39 is 24.2 Å². The van der Waals surface area contributed by atoms with Crippen LogP contribution < -0.4 is 0 Å². The number of rotatable bonds is 5. The molecule has 0 bridgehead atoms. The van der Waals surface area contributed by atoms with Gasteiger partial charge in [-0.25, -0.2) is 8.78 Å². The molecule has 2 atom stereocenters. The van der Waals surface area contributed by atoms with Gasteiger partial charge in [0, 0.05) is 10.4 Å². The summed E-state index contributed by atoms with van der Waals surface area (Å²) in [7, 11) is 1.18. The van der Waals surface area contributed by atoms with Gasteiger partial charge in [-0.2, -0.15) is 0 Å². The van der Waals surface area contributed by atoms with Crippen molar-refractivity contribution in [3.8, 4) is 0 Å². The standard InChI is InChI=1S/C17H21BrF2O2/c1-22-17(21)15(16(19)20)14(11-5-3-2-4-6-11)12-7-9-13(18)10-8-12/h7-11,14-16H,2-6H2,1H3. The molecule has 0 saturated heterocycles. The molecule has 2 rings (SSSR count). The first-order chi connectivity index (χ1) is 10.5. The number of carbonyl (C=O) groups is 1. The van der Waals surface area contributed by atoms with Crippen LogP contribution in [0.4, 0.5) is 8.78 Å². The monoisotopic (exact) mass is 374 g/mol. The molecule has 122 valence electrons. The highest BCUT2D eigenvalue weighted by Gasteiger charge is 2.42. The van der Waals surface area contributed by atoms with Crippen molar-refractivity contribution in [2.45, 2.75) is 44.4 Å². The number of carbonyl (C=O) groups excluding carboxylic acids is 1. The first kappa shape index (κ1) is 17.4. The van der Waals surface area contributed by atoms with E-state index in [1.165, 1.54) is 7.11 Å². The van der Waals surface area contributed by atoms with Crippen LogP contribution in [0.25, 0.3) is 0 Å². The Morgan fingerprint density at radius 2 is 1.77 bits per heavy atom. The van der Waals surface area contributed by atoms with Crippen molar-refractivity contribution in [3.63, 3.8) is 0 Å². The maximum atomic E-state index is 13.6. The van der Waals surface area contributed by atoms with E-state index in [9.17, 15) is 13.6 Å². The summed E-state index contributed by atoms with van der Waals surface area (Å²) >= 11 is 3.36. The Bertz CT molecular complexity index is 484. The number of ether oxygens (including phenoxy) is 1. The molecule has 22 heavy (non-hydrogen) atoms. The quantitative estimate of drug-likeness (QED) is 0.664. The minimum Gasteiger partial charge on any atom is -0.469 e. The van der Waals surface area contributed by atoms with Crippen molar-refractivity contribution >= 4 is 21.9 Å². The smallest absolute Gasteiger partial charge is 0.315 e. The van der Waals surface area contributed by atoms with E-state index in [4.69, 9.17) is 0 Å². The van der Waals surface area contributed by atoms with Gasteiger partial charge in [0.2, 0.25) is 0 Å². The molecule has 0 aromatic heterocycles. The highest BCUT2D eigenvalue weighted by Crippen LogP contribution is 2.43. The highest BCUT2D eigenvalue weighted by molar-refractivity contribution is 9.10. The third kappa shape index (κ3) is 4.06. The summed E-state index contributed by atoms with van der Waals surface area (Å²) in [5.74, 6) is -2.59. The third-order valence-electron chi connectivity index (χ3n) is 4.54. The number of hydrogen-bond acceptors (Lipinski definition) is 2. The summed E-state index contributed by atoms with van der Waals surface area (Å²) in [6, 6.07) is 7.35. The molecule has 5 heteroatoms. The second-order valence-corrected chi connectivity index (χ2v) is 6.77. The van der Waals surface area contributed by atoms with Gasteiger partial charge in [-0.15, -0.1) is 0 Å². The molecule has 0 radical (unpaired) electrons. The minimum absolute atomic E-state index is 0.105. The van der Waals surface area contributed by atoms with Gasteiger partial charge in [0.25, 0.3) is 6.43 Å². The average molecular weight is 375 g/mol. The summed E-state index contributed by atoms with van der Waals surface area (Å²) in [6.07, 6.45) is 2.27. The zero-order chi connectivity index (χ0) is 16.1. The summed E-state index contributed by atoms with van der Waals surface area (Å²) in [5, 5.41) is 0. The number of alkyl halides is 2. The van der Waals surface area contributed by atoms with Crippen LogP contribution in [-0.2, 0) is 9.53 Å². The first-order valence-corrected chi connectivity index (χ1v) is 8.45. The summed E-state index contributed by atoms with van der Waals surface area (Å²) in [4.78, 5) is 12.0. The third-order valence-corrected chi connectivity index (χ3v) is 5.07. The normalized spacial score (nSPS) is 19.0. The average Bonchev–Trinajstić information content (AvgIpc) is 2.53. The molecular formula is C17H21BrF2O2. The Morgan fingerprint density at radius 3 is 2.27 bits per heavy atom. The number of esters is 1. The predicted octanol–water partition coefficient (Wildman–Crippen LogP) is 5.17. The largest absolute Gasteiger partial charge is 0.469 e. The van der Waals surface area contributed by atoms with E-state index in [1.54, 1.807) is 0 Å². The van der Waals surface area contributed by atoms with Crippen LogP contribution in [0.1, 0.15) is 43.6 Å². The Balaban J connectivity index is 2.38. The van der Waals surface area contributed by atoms with E-state index in [2.05, 4.69) is 20.7 Å². The molecule has 1 aliphatic carbocycles. The molecule has 0 amide bonds. The fraction of sp³-hybridized carbons (Fsp3) is 0.588. The van der Waals surface area contributed by atoms with Crippen molar-refractivity contribution in [1.82, 2.24) is 0 Å². The second-order valence-electron chi connectivity index (χ2n) is 5.86. The number of benzene rings is 1. The maximum Gasteiger partial charge on any atom is 0.315 e. The number of halogens is 3. The van der Waals surface area contributed by atoms with Crippen molar-refractivity contribution in [3.05, 3.63) is 34.3 Å². The molecule has 1 saturated carbocycles. The van der Waals surface area contributed by atoms with Gasteiger partial charge in [-0.3, -0.25) is 4.79 Å². The molecule has 0 spiro atoms. The summed E-state index contributed by atoms with van der Waals surface area (Å²) in [6.45, 7) is 0. The zero-order valence-electron chi connectivity index (χ0n) is 12.6. The molecule has 0 aliphatic heterocycles. The molecule has 2 nitrogen and oxygen atoms in total. The van der Waals surface area contributed by atoms with Gasteiger partial charge < -0.3 is 4.74 Å². The van der Waals surface area contributed by atoms with Crippen LogP contribution in [0.2, 0.25) is 0 Å². The van der Waals surface area contributed by atoms with Gasteiger partial charge in [-0.1, -0.05) is 47.3 Å². The fourth-order valence-corrected chi connectivity index (χ4v) is 3.76. The summed E-state index contributed by atoms with van der Waals surface area (Å²) in [5.41, 5.74) is 0.797. The van der Waals surface area contributed by atoms with Crippen LogP contribution in [-0.4, -0.2) is 19.5 Å². The van der Waals surface area contributed by atoms with Gasteiger partial charge >= 0.3 is 5.97 Å². The lowest BCUT2D eigenvalue weighted by molar-refractivity contribution is -0.153. The molecular weight excluding hydrogens is 354 g/mol. The Kier molecular flexibility index (Phi) is 6.36. The van der Waals surface area contributed by atoms with Crippen molar-refractivity contribution < 1.29 is 18.3 Å². The van der Waals surface area contributed by atoms with Crippen LogP contribution >= 0.6 is 15.9 Å². The van der Waals surface area contributed by atoms with Crippen LogP contribution in [0.5, 0.6) is 0 Å². The lowest BCUT2D eigenvalue weighted by Crippen LogP contribution is -2.35. The van der Waals surface area contributed by atoms with E-state index >= 15 is 0 Å². The summed E-state index contributed by atoms with van der Waals surface area (Å²) < 4.78 is 32.7. The molecule has 0 N–H and O–H groups in total. The zero-order valence-corrected chi connectivity index (χ0v) is 14.2. The number of hydrogen-bond donors (Lipinski definition) is 0. The minimum atomic E-state index is -2.72. The predicted molar refractivity (Wildman–Crippen MR) is 85.0 cm³/mol. The lowest BCUT2D eigenvalue weighted by atomic mass is 9.71. The van der Waals surface area contributed by atoms with Gasteiger partial charge in [0.1, 0.15) is 5.92 Å². The van der Waals surface area contributed by atoms with Crippen LogP contribution in [0, 0.1) is 11.8 Å². The Labute approximate surface area is 138 Å². The highest BCUT2D eigenvalue weighted by atomic mass is 79.9. The molecule has 0 heterocycles. The van der Waals surface area contributed by atoms with Crippen LogP contribution in [0.3, 0.4) is 0 Å². The van der Waals surface area contributed by atoms with E-state index in [0.29, 0.717) is 0 Å². The molecule has 1 aliphatic rings. The second kappa shape index (κ2) is 8.04. The molecule has 1 fully saturated rings. The topological polar surface area (TPSA) is 26.3 Å². The van der Waals surface area contributed by atoms with E-state index in [-0.39, 0.29) is 5.92 Å². The van der Waals surface area contributed by atoms with Crippen molar-refractivity contribution in [2.24, 2.45) is 11.8 Å². The van der Waals surface area contributed by atoms with Crippen molar-refractivity contribution in [2.75, 3.05) is 7.11 Å². The Morgan fingerprint density at radius 1 is 1.18 bits per heavy atom. The molecule has 1 aromatic rings. The molecule has 1 aromatic carbocycles. The van der Waals surface area contributed by atoms with E-state index in [0.717, 1.165) is 42.1 Å². The number of methoxy groups -OCH3 is 1. The van der Waals surface area contributed by atoms with Crippen molar-refractivity contribution in [1.29, 1.82) is 0 Å². The lowest BCUT2D eigenvalue weighted by Gasteiger charge is -2.34. The maximum absolute atomic E-state index is 13.6. The van der Waals surface area contributed by atoms with E-state index in [1.807, 2.05) is 24.3 Å².